The maximum atomic E-state index is 14.8. The predicted molar refractivity (Wildman–Crippen MR) is 216 cm³/mol. The number of carbonyl (C=O) groups is 4. The molecule has 5 aromatic carbocycles. The van der Waals surface area contributed by atoms with Gasteiger partial charge in [0, 0.05) is 12.1 Å². The van der Waals surface area contributed by atoms with E-state index >= 15 is 0 Å². The lowest BCUT2D eigenvalue weighted by molar-refractivity contribution is -0.0578. The summed E-state index contributed by atoms with van der Waals surface area (Å²) in [7, 11) is 0. The standard InChI is InChI=1S/C46H47N3O9/c1-46(2,3)58-45(54)49-28-14-21-36(40(48-41(51)33-24-26-35(50)27-25-33)43(49)57-44(53)34-19-11-6-12-20-34)47-42(52)39-37(55-29-31-15-7-4-8-16-31)22-13-23-38(39)56-30-32-17-9-5-10-18-32/h4-13,15-20,22-27,36,40,43,50H,14,21,28-30H2,1-3H3,(H,47,52)(H,48,51). The monoisotopic (exact) mass is 785 g/mol. The number of phenolic OH excluding ortho intramolecular Hbond substituents is 1. The lowest BCUT2D eigenvalue weighted by Crippen LogP contribution is -2.62. The van der Waals surface area contributed by atoms with Gasteiger partial charge in [-0.15, -0.1) is 0 Å². The Morgan fingerprint density at radius 1 is 0.672 bits per heavy atom. The van der Waals surface area contributed by atoms with Crippen LogP contribution in [0.4, 0.5) is 4.79 Å². The maximum absolute atomic E-state index is 14.8. The largest absolute Gasteiger partial charge is 0.508 e. The van der Waals surface area contributed by atoms with E-state index in [1.807, 2.05) is 60.7 Å². The fourth-order valence-corrected chi connectivity index (χ4v) is 6.45. The maximum Gasteiger partial charge on any atom is 0.413 e. The van der Waals surface area contributed by atoms with E-state index in [4.69, 9.17) is 18.9 Å². The van der Waals surface area contributed by atoms with Gasteiger partial charge in [0.15, 0.2) is 0 Å². The lowest BCUT2D eigenvalue weighted by Gasteiger charge is -2.38. The molecule has 0 saturated carbocycles. The number of phenols is 1. The molecule has 3 amide bonds. The number of benzene rings is 5. The number of amides is 3. The van der Waals surface area contributed by atoms with Gasteiger partial charge < -0.3 is 34.7 Å². The number of hydrogen-bond acceptors (Lipinski definition) is 9. The predicted octanol–water partition coefficient (Wildman–Crippen LogP) is 7.66. The molecule has 0 aliphatic carbocycles. The average molecular weight is 786 g/mol. The third kappa shape index (κ3) is 10.9. The second-order valence-electron chi connectivity index (χ2n) is 14.8. The van der Waals surface area contributed by atoms with Crippen LogP contribution in [0.1, 0.15) is 75.8 Å². The number of likely N-dealkylation sites (tertiary alicyclic amines) is 1. The first-order valence-electron chi connectivity index (χ1n) is 19.1. The van der Waals surface area contributed by atoms with Gasteiger partial charge >= 0.3 is 12.1 Å². The first-order valence-corrected chi connectivity index (χ1v) is 19.1. The Morgan fingerprint density at radius 2 is 1.22 bits per heavy atom. The quantitative estimate of drug-likeness (QED) is 0.108. The third-order valence-corrected chi connectivity index (χ3v) is 9.26. The number of nitrogens with one attached hydrogen (secondary N) is 2. The molecule has 3 atom stereocenters. The summed E-state index contributed by atoms with van der Waals surface area (Å²) in [5.41, 5.74) is 1.37. The Balaban J connectivity index is 1.39. The molecule has 12 heteroatoms. The number of esters is 1. The van der Waals surface area contributed by atoms with Crippen LogP contribution >= 0.6 is 0 Å². The number of hydrogen-bond donors (Lipinski definition) is 3. The molecule has 0 spiro atoms. The van der Waals surface area contributed by atoms with Crippen molar-refractivity contribution in [3.63, 3.8) is 0 Å². The van der Waals surface area contributed by atoms with E-state index in [2.05, 4.69) is 10.6 Å². The average Bonchev–Trinajstić information content (AvgIpc) is 3.38. The topological polar surface area (TPSA) is 153 Å². The Kier molecular flexibility index (Phi) is 13.3. The van der Waals surface area contributed by atoms with Gasteiger partial charge in [0.2, 0.25) is 6.23 Å². The van der Waals surface area contributed by atoms with E-state index in [0.29, 0.717) is 6.42 Å². The third-order valence-electron chi connectivity index (χ3n) is 9.26. The first kappa shape index (κ1) is 40.8. The van der Waals surface area contributed by atoms with Crippen LogP contribution in [0.25, 0.3) is 0 Å². The zero-order valence-electron chi connectivity index (χ0n) is 32.6. The minimum absolute atomic E-state index is 0.0413. The minimum atomic E-state index is -1.45. The molecule has 58 heavy (non-hydrogen) atoms. The summed E-state index contributed by atoms with van der Waals surface area (Å²) in [6.07, 6.45) is -1.64. The molecular weight excluding hydrogens is 739 g/mol. The number of ether oxygens (including phenoxy) is 4. The Bertz CT molecular complexity index is 2100. The van der Waals surface area contributed by atoms with Crippen molar-refractivity contribution in [3.8, 4) is 17.2 Å². The molecule has 1 fully saturated rings. The van der Waals surface area contributed by atoms with Crippen LogP contribution in [-0.2, 0) is 22.7 Å². The first-order chi connectivity index (χ1) is 27.9. The van der Waals surface area contributed by atoms with Crippen LogP contribution in [0.3, 0.4) is 0 Å². The number of rotatable bonds is 12. The summed E-state index contributed by atoms with van der Waals surface area (Å²) in [5.74, 6) is -1.47. The molecule has 1 aliphatic rings. The van der Waals surface area contributed by atoms with Crippen molar-refractivity contribution >= 4 is 23.9 Å². The molecule has 12 nitrogen and oxygen atoms in total. The molecule has 0 aromatic heterocycles. The van der Waals surface area contributed by atoms with E-state index in [1.54, 1.807) is 69.3 Å². The van der Waals surface area contributed by atoms with Gasteiger partial charge in [-0.1, -0.05) is 84.9 Å². The second-order valence-corrected chi connectivity index (χ2v) is 14.8. The van der Waals surface area contributed by atoms with Gasteiger partial charge in [0.05, 0.1) is 11.6 Å². The summed E-state index contributed by atoms with van der Waals surface area (Å²) in [4.78, 5) is 57.7. The van der Waals surface area contributed by atoms with E-state index in [1.165, 1.54) is 29.2 Å². The fraction of sp³-hybridized carbons (Fsp3) is 0.261. The number of nitrogens with zero attached hydrogens (tertiary/aromatic N) is 1. The Labute approximate surface area is 337 Å². The number of carbonyl (C=O) groups excluding carboxylic acids is 4. The molecule has 6 rings (SSSR count). The second kappa shape index (κ2) is 18.9. The van der Waals surface area contributed by atoms with Gasteiger partial charge in [0.1, 0.15) is 47.7 Å². The lowest BCUT2D eigenvalue weighted by atomic mass is 10.0. The van der Waals surface area contributed by atoms with Crippen molar-refractivity contribution in [1.82, 2.24) is 15.5 Å². The Morgan fingerprint density at radius 3 is 1.78 bits per heavy atom. The van der Waals surface area contributed by atoms with Crippen LogP contribution in [-0.4, -0.2) is 64.3 Å². The molecule has 300 valence electrons. The molecule has 1 heterocycles. The van der Waals surface area contributed by atoms with E-state index in [9.17, 15) is 24.3 Å². The highest BCUT2D eigenvalue weighted by molar-refractivity contribution is 6.00. The van der Waals surface area contributed by atoms with Crippen LogP contribution in [0, 0.1) is 0 Å². The highest BCUT2D eigenvalue weighted by Gasteiger charge is 2.44. The van der Waals surface area contributed by atoms with Crippen molar-refractivity contribution in [2.75, 3.05) is 6.54 Å². The van der Waals surface area contributed by atoms with Crippen LogP contribution in [0.2, 0.25) is 0 Å². The molecular formula is C46H47N3O9. The zero-order valence-corrected chi connectivity index (χ0v) is 32.6. The van der Waals surface area contributed by atoms with E-state index in [-0.39, 0.29) is 60.1 Å². The van der Waals surface area contributed by atoms with E-state index < -0.39 is 47.8 Å². The zero-order chi connectivity index (χ0) is 41.1. The van der Waals surface area contributed by atoms with Crippen molar-refractivity contribution in [1.29, 1.82) is 0 Å². The van der Waals surface area contributed by atoms with E-state index in [0.717, 1.165) is 11.1 Å². The molecule has 1 saturated heterocycles. The van der Waals surface area contributed by atoms with Crippen LogP contribution in [0.15, 0.2) is 133 Å². The van der Waals surface area contributed by atoms with Crippen molar-refractivity contribution in [2.45, 2.75) is 70.7 Å². The molecule has 3 unspecified atom stereocenters. The fourth-order valence-electron chi connectivity index (χ4n) is 6.45. The molecule has 3 N–H and O–H groups in total. The van der Waals surface area contributed by atoms with Gasteiger partial charge in [-0.3, -0.25) is 14.5 Å². The molecule has 0 radical (unpaired) electrons. The van der Waals surface area contributed by atoms with Crippen LogP contribution in [0.5, 0.6) is 17.2 Å². The van der Waals surface area contributed by atoms with Crippen LogP contribution < -0.4 is 20.1 Å². The Hall–Kier alpha value is -6.82. The van der Waals surface area contributed by atoms with Gasteiger partial charge in [-0.2, -0.15) is 0 Å². The van der Waals surface area contributed by atoms with Crippen molar-refractivity contribution < 1.29 is 43.2 Å². The molecule has 5 aromatic rings. The normalized spacial score (nSPS) is 16.6. The van der Waals surface area contributed by atoms with Gasteiger partial charge in [0.25, 0.3) is 11.8 Å². The summed E-state index contributed by atoms with van der Waals surface area (Å²) in [5, 5.41) is 16.0. The number of aromatic hydroxyl groups is 1. The molecule has 0 bridgehead atoms. The smallest absolute Gasteiger partial charge is 0.413 e. The molecule has 1 aliphatic heterocycles. The summed E-state index contributed by atoms with van der Waals surface area (Å²) < 4.78 is 24.4. The van der Waals surface area contributed by atoms with Gasteiger partial charge in [-0.05, 0) is 93.3 Å². The highest BCUT2D eigenvalue weighted by Crippen LogP contribution is 2.32. The van der Waals surface area contributed by atoms with Crippen molar-refractivity contribution in [2.24, 2.45) is 0 Å². The highest BCUT2D eigenvalue weighted by atomic mass is 16.6. The van der Waals surface area contributed by atoms with Crippen molar-refractivity contribution in [3.05, 3.63) is 161 Å². The SMILES string of the molecule is CC(C)(C)OC(=O)N1CCCC(NC(=O)c2c(OCc3ccccc3)cccc2OCc2ccccc2)C(NC(=O)c2ccc(O)cc2)C1OC(=O)c1ccccc1. The summed E-state index contributed by atoms with van der Waals surface area (Å²) in [6, 6.07) is 35.8. The minimum Gasteiger partial charge on any atom is -0.508 e. The van der Waals surface area contributed by atoms with Gasteiger partial charge in [-0.25, -0.2) is 9.59 Å². The summed E-state index contributed by atoms with van der Waals surface area (Å²) >= 11 is 0. The summed E-state index contributed by atoms with van der Waals surface area (Å²) in [6.45, 7) is 5.56.